The number of benzene rings is 2. The molecule has 7 heteroatoms. The number of amides is 1. The van der Waals surface area contributed by atoms with Gasteiger partial charge in [-0.3, -0.25) is 19.8 Å². The summed E-state index contributed by atoms with van der Waals surface area (Å²) in [5, 5.41) is 11.3. The SMILES string of the molecule is O=C(c1ccccc1Cl)N1CCN(Cc2cccc([N+](=O)[O-])c2)CC1. The van der Waals surface area contributed by atoms with E-state index in [0.29, 0.717) is 30.2 Å². The highest BCUT2D eigenvalue weighted by Gasteiger charge is 2.23. The highest BCUT2D eigenvalue weighted by molar-refractivity contribution is 6.33. The van der Waals surface area contributed by atoms with Gasteiger partial charge in [0.25, 0.3) is 11.6 Å². The second kappa shape index (κ2) is 7.63. The Morgan fingerprint density at radius 1 is 1.08 bits per heavy atom. The van der Waals surface area contributed by atoms with Crippen LogP contribution in [-0.2, 0) is 6.54 Å². The third kappa shape index (κ3) is 4.15. The number of carbonyl (C=O) groups excluding carboxylic acids is 1. The van der Waals surface area contributed by atoms with Crippen molar-refractivity contribution in [1.29, 1.82) is 0 Å². The van der Waals surface area contributed by atoms with Crippen LogP contribution >= 0.6 is 11.6 Å². The summed E-state index contributed by atoms with van der Waals surface area (Å²) in [5.74, 6) is -0.0550. The fraction of sp³-hybridized carbons (Fsp3) is 0.278. The number of nitrogens with zero attached hydrogens (tertiary/aromatic N) is 3. The fourth-order valence-corrected chi connectivity index (χ4v) is 3.16. The molecule has 1 saturated heterocycles. The topological polar surface area (TPSA) is 66.7 Å². The van der Waals surface area contributed by atoms with Crippen LogP contribution in [0.2, 0.25) is 5.02 Å². The predicted octanol–water partition coefficient (Wildman–Crippen LogP) is 3.21. The van der Waals surface area contributed by atoms with Gasteiger partial charge in [0.2, 0.25) is 0 Å². The summed E-state index contributed by atoms with van der Waals surface area (Å²) < 4.78 is 0. The third-order valence-corrected chi connectivity index (χ3v) is 4.62. The number of nitro benzene ring substituents is 1. The minimum Gasteiger partial charge on any atom is -0.336 e. The molecule has 0 aromatic heterocycles. The van der Waals surface area contributed by atoms with E-state index >= 15 is 0 Å². The van der Waals surface area contributed by atoms with Gasteiger partial charge >= 0.3 is 0 Å². The van der Waals surface area contributed by atoms with E-state index in [0.717, 1.165) is 18.7 Å². The molecule has 0 spiro atoms. The monoisotopic (exact) mass is 359 g/mol. The third-order valence-electron chi connectivity index (χ3n) is 4.29. The van der Waals surface area contributed by atoms with Crippen LogP contribution in [-0.4, -0.2) is 46.8 Å². The summed E-state index contributed by atoms with van der Waals surface area (Å²) in [6.07, 6.45) is 0. The molecule has 25 heavy (non-hydrogen) atoms. The molecule has 6 nitrogen and oxygen atoms in total. The molecule has 0 atom stereocenters. The summed E-state index contributed by atoms with van der Waals surface area (Å²) >= 11 is 6.10. The van der Waals surface area contributed by atoms with Gasteiger partial charge in [-0.25, -0.2) is 0 Å². The molecule has 1 fully saturated rings. The Balaban J connectivity index is 1.59. The van der Waals surface area contributed by atoms with Crippen LogP contribution in [0.25, 0.3) is 0 Å². The molecule has 130 valence electrons. The molecule has 2 aromatic rings. The molecule has 0 unspecified atom stereocenters. The highest BCUT2D eigenvalue weighted by Crippen LogP contribution is 2.19. The van der Waals surface area contributed by atoms with Crippen LogP contribution in [0.5, 0.6) is 0 Å². The minimum absolute atomic E-state index is 0.0550. The normalized spacial score (nSPS) is 15.2. The Bertz CT molecular complexity index is 789. The van der Waals surface area contributed by atoms with E-state index < -0.39 is 0 Å². The molecule has 0 radical (unpaired) electrons. The molecule has 1 amide bonds. The summed E-state index contributed by atoms with van der Waals surface area (Å²) in [6, 6.07) is 13.7. The van der Waals surface area contributed by atoms with Crippen molar-refractivity contribution < 1.29 is 9.72 Å². The van der Waals surface area contributed by atoms with Gasteiger partial charge in [0.15, 0.2) is 0 Å². The molecular formula is C18H18ClN3O3. The van der Waals surface area contributed by atoms with Crippen molar-refractivity contribution in [3.8, 4) is 0 Å². The molecular weight excluding hydrogens is 342 g/mol. The number of halogens is 1. The van der Waals surface area contributed by atoms with Crippen molar-refractivity contribution in [1.82, 2.24) is 9.80 Å². The number of hydrogen-bond acceptors (Lipinski definition) is 4. The first-order chi connectivity index (χ1) is 12.0. The summed E-state index contributed by atoms with van der Waals surface area (Å²) in [6.45, 7) is 3.30. The average molecular weight is 360 g/mol. The smallest absolute Gasteiger partial charge is 0.269 e. The van der Waals surface area contributed by atoms with Gasteiger partial charge in [0.1, 0.15) is 0 Å². The zero-order chi connectivity index (χ0) is 17.8. The van der Waals surface area contributed by atoms with Crippen molar-refractivity contribution in [2.45, 2.75) is 6.54 Å². The summed E-state index contributed by atoms with van der Waals surface area (Å²) in [5.41, 5.74) is 1.53. The van der Waals surface area contributed by atoms with Gasteiger partial charge in [-0.05, 0) is 17.7 Å². The van der Waals surface area contributed by atoms with Crippen LogP contribution in [0.15, 0.2) is 48.5 Å². The van der Waals surface area contributed by atoms with Gasteiger partial charge in [-0.1, -0.05) is 35.9 Å². The van der Waals surface area contributed by atoms with E-state index in [2.05, 4.69) is 4.90 Å². The van der Waals surface area contributed by atoms with Crippen LogP contribution in [0.3, 0.4) is 0 Å². The van der Waals surface area contributed by atoms with Crippen LogP contribution in [0.1, 0.15) is 15.9 Å². The summed E-state index contributed by atoms with van der Waals surface area (Å²) in [7, 11) is 0. The standard InChI is InChI=1S/C18H18ClN3O3/c19-17-7-2-1-6-16(17)18(23)21-10-8-20(9-11-21)13-14-4-3-5-15(12-14)22(24)25/h1-7,12H,8-11,13H2. The molecule has 1 heterocycles. The summed E-state index contributed by atoms with van der Waals surface area (Å²) in [4.78, 5) is 27.0. The molecule has 0 N–H and O–H groups in total. The maximum Gasteiger partial charge on any atom is 0.269 e. The second-order valence-corrected chi connectivity index (χ2v) is 6.38. The lowest BCUT2D eigenvalue weighted by Crippen LogP contribution is -2.48. The lowest BCUT2D eigenvalue weighted by Gasteiger charge is -2.34. The van der Waals surface area contributed by atoms with E-state index in [-0.39, 0.29) is 16.5 Å². The Morgan fingerprint density at radius 2 is 1.80 bits per heavy atom. The van der Waals surface area contributed by atoms with Crippen molar-refractivity contribution in [3.63, 3.8) is 0 Å². The number of hydrogen-bond donors (Lipinski definition) is 0. The molecule has 2 aromatic carbocycles. The van der Waals surface area contributed by atoms with Crippen molar-refractivity contribution in [3.05, 3.63) is 74.8 Å². The van der Waals surface area contributed by atoms with Crippen LogP contribution in [0.4, 0.5) is 5.69 Å². The molecule has 3 rings (SSSR count). The number of non-ortho nitro benzene ring substituents is 1. The largest absolute Gasteiger partial charge is 0.336 e. The Hall–Kier alpha value is -2.44. The minimum atomic E-state index is -0.385. The predicted molar refractivity (Wildman–Crippen MR) is 95.7 cm³/mol. The van der Waals surface area contributed by atoms with Gasteiger partial charge in [0.05, 0.1) is 15.5 Å². The number of carbonyl (C=O) groups is 1. The quantitative estimate of drug-likeness (QED) is 0.621. The van der Waals surface area contributed by atoms with Crippen LogP contribution in [0, 0.1) is 10.1 Å². The number of piperazine rings is 1. The Kier molecular flexibility index (Phi) is 5.31. The van der Waals surface area contributed by atoms with Crippen molar-refractivity contribution in [2.75, 3.05) is 26.2 Å². The highest BCUT2D eigenvalue weighted by atomic mass is 35.5. The van der Waals surface area contributed by atoms with Crippen molar-refractivity contribution >= 4 is 23.2 Å². The van der Waals surface area contributed by atoms with E-state index in [4.69, 9.17) is 11.6 Å². The zero-order valence-electron chi connectivity index (χ0n) is 13.6. The van der Waals surface area contributed by atoms with E-state index in [1.807, 2.05) is 6.07 Å². The average Bonchev–Trinajstić information content (AvgIpc) is 2.62. The lowest BCUT2D eigenvalue weighted by atomic mass is 10.1. The van der Waals surface area contributed by atoms with Gasteiger partial charge in [-0.2, -0.15) is 0 Å². The van der Waals surface area contributed by atoms with Gasteiger partial charge in [0, 0.05) is 44.9 Å². The molecule has 0 bridgehead atoms. The maximum absolute atomic E-state index is 12.6. The number of nitro groups is 1. The van der Waals surface area contributed by atoms with Crippen LogP contribution < -0.4 is 0 Å². The number of rotatable bonds is 4. The molecule has 1 aliphatic heterocycles. The first-order valence-corrected chi connectivity index (χ1v) is 8.42. The van der Waals surface area contributed by atoms with Gasteiger partial charge < -0.3 is 4.90 Å². The van der Waals surface area contributed by atoms with Gasteiger partial charge in [-0.15, -0.1) is 0 Å². The molecule has 0 saturated carbocycles. The van der Waals surface area contributed by atoms with E-state index in [1.165, 1.54) is 6.07 Å². The van der Waals surface area contributed by atoms with Crippen molar-refractivity contribution in [2.24, 2.45) is 0 Å². The Labute approximate surface area is 150 Å². The first-order valence-electron chi connectivity index (χ1n) is 8.04. The molecule has 1 aliphatic rings. The lowest BCUT2D eigenvalue weighted by molar-refractivity contribution is -0.384. The maximum atomic E-state index is 12.6. The van der Waals surface area contributed by atoms with E-state index in [1.54, 1.807) is 41.3 Å². The Morgan fingerprint density at radius 3 is 2.48 bits per heavy atom. The van der Waals surface area contributed by atoms with E-state index in [9.17, 15) is 14.9 Å². The first kappa shape index (κ1) is 17.4. The molecule has 0 aliphatic carbocycles. The fourth-order valence-electron chi connectivity index (χ4n) is 2.94. The zero-order valence-corrected chi connectivity index (χ0v) is 14.4. The second-order valence-electron chi connectivity index (χ2n) is 5.98.